The van der Waals surface area contributed by atoms with Crippen molar-refractivity contribution >= 4 is 30.0 Å². The molecule has 0 saturated heterocycles. The number of rotatable bonds is 6. The molecule has 5 nitrogen and oxygen atoms in total. The molecule has 0 saturated carbocycles. The molecule has 6 heteroatoms. The molecule has 0 unspecified atom stereocenters. The third-order valence-corrected chi connectivity index (χ3v) is 3.06. The van der Waals surface area contributed by atoms with Crippen LogP contribution >= 0.6 is 11.8 Å². The molecule has 0 atom stereocenters. The zero-order valence-electron chi connectivity index (χ0n) is 12.7. The zero-order valence-corrected chi connectivity index (χ0v) is 13.5. The summed E-state index contributed by atoms with van der Waals surface area (Å²) in [7, 11) is 0. The molecule has 1 aromatic rings. The van der Waals surface area contributed by atoms with E-state index in [2.05, 4.69) is 28.4 Å². The maximum absolute atomic E-state index is 11.5. The number of nitrogens with zero attached hydrogens (tertiary/aromatic N) is 2. The molecule has 0 aliphatic carbocycles. The Hall–Kier alpha value is -1.82. The highest BCUT2D eigenvalue weighted by Crippen LogP contribution is 2.17. The Labute approximate surface area is 129 Å². The molecule has 0 radical (unpaired) electrons. The highest BCUT2D eigenvalue weighted by molar-refractivity contribution is 7.99. The van der Waals surface area contributed by atoms with Crippen LogP contribution in [0.15, 0.2) is 24.3 Å². The van der Waals surface area contributed by atoms with Crippen molar-refractivity contribution in [2.24, 2.45) is 0 Å². The van der Waals surface area contributed by atoms with Gasteiger partial charge >= 0.3 is 6.09 Å². The van der Waals surface area contributed by atoms with E-state index in [9.17, 15) is 4.79 Å². The summed E-state index contributed by atoms with van der Waals surface area (Å²) in [5, 5.41) is 3.52. The lowest BCUT2D eigenvalue weighted by atomic mass is 10.2. The molecule has 0 aliphatic rings. The van der Waals surface area contributed by atoms with Gasteiger partial charge in [0.1, 0.15) is 10.6 Å². The van der Waals surface area contributed by atoms with E-state index in [1.54, 1.807) is 12.2 Å². The van der Waals surface area contributed by atoms with Gasteiger partial charge in [-0.25, -0.2) is 14.8 Å². The number of ether oxygens (including phenoxy) is 1. The molecule has 1 rings (SSSR count). The predicted octanol–water partition coefficient (Wildman–Crippen LogP) is 3.38. The fraction of sp³-hybridized carbons (Fsp3) is 0.400. The van der Waals surface area contributed by atoms with Crippen LogP contribution in [0.4, 0.5) is 4.79 Å². The molecule has 1 aromatic heterocycles. The second-order valence-corrected chi connectivity index (χ2v) is 6.29. The van der Waals surface area contributed by atoms with Crippen LogP contribution in [0.25, 0.3) is 12.2 Å². The molecular formula is C15H21N3O2S. The molecule has 1 amide bonds. The third-order valence-electron chi connectivity index (χ3n) is 2.15. The van der Waals surface area contributed by atoms with E-state index in [1.165, 1.54) is 11.8 Å². The number of hydrogen-bond acceptors (Lipinski definition) is 5. The van der Waals surface area contributed by atoms with Gasteiger partial charge in [0.15, 0.2) is 5.82 Å². The van der Waals surface area contributed by atoms with Crippen LogP contribution in [0.5, 0.6) is 0 Å². The standard InChI is InChI=1S/C15H21N3O2S/c1-6-11-10-13(18-12(7-2)17-11)21-9-8-16-14(19)20-15(3,4)5/h6-7,10H,1-2,8-9H2,3-5H3,(H,16,19). The molecule has 1 N–H and O–H groups in total. The van der Waals surface area contributed by atoms with Gasteiger partial charge in [0.2, 0.25) is 0 Å². The number of amides is 1. The third kappa shape index (κ3) is 6.94. The first-order valence-corrected chi connectivity index (χ1v) is 7.56. The summed E-state index contributed by atoms with van der Waals surface area (Å²) >= 11 is 1.52. The van der Waals surface area contributed by atoms with Crippen LogP contribution in [-0.4, -0.2) is 34.0 Å². The summed E-state index contributed by atoms with van der Waals surface area (Å²) in [5.41, 5.74) is 0.268. The van der Waals surface area contributed by atoms with Crippen LogP contribution in [0, 0.1) is 0 Å². The van der Waals surface area contributed by atoms with Gasteiger partial charge in [-0.2, -0.15) is 0 Å². The van der Waals surface area contributed by atoms with Gasteiger partial charge in [-0.05, 0) is 39.0 Å². The molecule has 0 aromatic carbocycles. The lowest BCUT2D eigenvalue weighted by Gasteiger charge is -2.19. The minimum absolute atomic E-state index is 0.413. The first-order chi connectivity index (χ1) is 9.84. The Morgan fingerprint density at radius 3 is 2.67 bits per heavy atom. The molecule has 21 heavy (non-hydrogen) atoms. The predicted molar refractivity (Wildman–Crippen MR) is 87.2 cm³/mol. The zero-order chi connectivity index (χ0) is 15.9. The molecule has 0 aliphatic heterocycles. The fourth-order valence-electron chi connectivity index (χ4n) is 1.35. The van der Waals surface area contributed by atoms with Crippen LogP contribution in [0.2, 0.25) is 0 Å². The van der Waals surface area contributed by atoms with Gasteiger partial charge in [0.05, 0.1) is 5.69 Å². The Morgan fingerprint density at radius 1 is 1.38 bits per heavy atom. The first-order valence-electron chi connectivity index (χ1n) is 6.57. The molecule has 114 valence electrons. The van der Waals surface area contributed by atoms with Crippen molar-refractivity contribution in [2.75, 3.05) is 12.3 Å². The maximum Gasteiger partial charge on any atom is 0.407 e. The smallest absolute Gasteiger partial charge is 0.407 e. The minimum Gasteiger partial charge on any atom is -0.444 e. The van der Waals surface area contributed by atoms with Crippen LogP contribution in [0.1, 0.15) is 32.3 Å². The van der Waals surface area contributed by atoms with Crippen molar-refractivity contribution in [3.05, 3.63) is 30.7 Å². The monoisotopic (exact) mass is 307 g/mol. The van der Waals surface area contributed by atoms with Gasteiger partial charge in [0, 0.05) is 12.3 Å². The lowest BCUT2D eigenvalue weighted by Crippen LogP contribution is -2.33. The van der Waals surface area contributed by atoms with Crippen molar-refractivity contribution in [3.63, 3.8) is 0 Å². The van der Waals surface area contributed by atoms with Crippen molar-refractivity contribution in [2.45, 2.75) is 31.4 Å². The number of alkyl carbamates (subject to hydrolysis) is 1. The number of hydrogen-bond donors (Lipinski definition) is 1. The summed E-state index contributed by atoms with van der Waals surface area (Å²) in [6.07, 6.45) is 2.84. The molecule has 0 bridgehead atoms. The largest absolute Gasteiger partial charge is 0.444 e. The summed E-state index contributed by atoms with van der Waals surface area (Å²) in [4.78, 5) is 20.0. The number of thioether (sulfide) groups is 1. The number of carbonyl (C=O) groups excluding carboxylic acids is 1. The van der Waals surface area contributed by atoms with Crippen molar-refractivity contribution in [1.29, 1.82) is 0 Å². The molecule has 0 fully saturated rings. The summed E-state index contributed by atoms with van der Waals surface area (Å²) in [6.45, 7) is 13.3. The highest BCUT2D eigenvalue weighted by atomic mass is 32.2. The summed E-state index contributed by atoms with van der Waals surface area (Å²) < 4.78 is 5.15. The van der Waals surface area contributed by atoms with Crippen LogP contribution in [-0.2, 0) is 4.74 Å². The van der Waals surface area contributed by atoms with E-state index in [-0.39, 0.29) is 0 Å². The van der Waals surface area contributed by atoms with Gasteiger partial charge in [0.25, 0.3) is 0 Å². The quantitative estimate of drug-likeness (QED) is 0.496. The van der Waals surface area contributed by atoms with E-state index >= 15 is 0 Å². The molecular weight excluding hydrogens is 286 g/mol. The lowest BCUT2D eigenvalue weighted by molar-refractivity contribution is 0.0531. The Kier molecular flexibility index (Phi) is 6.42. The van der Waals surface area contributed by atoms with Gasteiger partial charge < -0.3 is 10.1 Å². The van der Waals surface area contributed by atoms with E-state index in [0.717, 1.165) is 10.7 Å². The van der Waals surface area contributed by atoms with Gasteiger partial charge in [-0.1, -0.05) is 13.2 Å². The Balaban J connectivity index is 2.44. The van der Waals surface area contributed by atoms with Crippen molar-refractivity contribution in [3.8, 4) is 0 Å². The summed E-state index contributed by atoms with van der Waals surface area (Å²) in [6, 6.07) is 1.85. The van der Waals surface area contributed by atoms with Gasteiger partial charge in [-0.15, -0.1) is 11.8 Å². The second-order valence-electron chi connectivity index (χ2n) is 5.17. The highest BCUT2D eigenvalue weighted by Gasteiger charge is 2.15. The summed E-state index contributed by atoms with van der Waals surface area (Å²) in [5.74, 6) is 1.25. The molecule has 0 spiro atoms. The van der Waals surface area contributed by atoms with E-state index in [4.69, 9.17) is 4.74 Å². The Morgan fingerprint density at radius 2 is 2.10 bits per heavy atom. The van der Waals surface area contributed by atoms with Crippen molar-refractivity contribution < 1.29 is 9.53 Å². The van der Waals surface area contributed by atoms with Crippen molar-refractivity contribution in [1.82, 2.24) is 15.3 Å². The van der Waals surface area contributed by atoms with E-state index in [1.807, 2.05) is 26.8 Å². The second kappa shape index (κ2) is 7.83. The SMILES string of the molecule is C=Cc1cc(SCCNC(=O)OC(C)(C)C)nc(C=C)n1. The topological polar surface area (TPSA) is 64.1 Å². The number of carbonyl (C=O) groups is 1. The normalized spacial score (nSPS) is 10.8. The average Bonchev–Trinajstić information content (AvgIpc) is 2.41. The average molecular weight is 307 g/mol. The van der Waals surface area contributed by atoms with Gasteiger partial charge in [-0.3, -0.25) is 0 Å². The molecule has 1 heterocycles. The number of aromatic nitrogens is 2. The van der Waals surface area contributed by atoms with Crippen LogP contribution in [0.3, 0.4) is 0 Å². The maximum atomic E-state index is 11.5. The van der Waals surface area contributed by atoms with E-state index < -0.39 is 11.7 Å². The minimum atomic E-state index is -0.485. The Bertz CT molecular complexity index is 498. The first kappa shape index (κ1) is 17.2. The van der Waals surface area contributed by atoms with Crippen LogP contribution < -0.4 is 5.32 Å². The van der Waals surface area contributed by atoms with E-state index in [0.29, 0.717) is 18.1 Å². The number of nitrogens with one attached hydrogen (secondary N) is 1. The fourth-order valence-corrected chi connectivity index (χ4v) is 2.13.